The second-order valence-electron chi connectivity index (χ2n) is 1.40. The predicted octanol–water partition coefficient (Wildman–Crippen LogP) is 1.71. The summed E-state index contributed by atoms with van der Waals surface area (Å²) >= 11 is 1.36. The van der Waals surface area contributed by atoms with E-state index in [0.717, 1.165) is 11.4 Å². The predicted molar refractivity (Wildman–Crippen MR) is 45.0 cm³/mol. The van der Waals surface area contributed by atoms with Crippen LogP contribution in [-0.4, -0.2) is 9.36 Å². The first-order valence-electron chi connectivity index (χ1n) is 3.41. The molecule has 0 radical (unpaired) electrons. The summed E-state index contributed by atoms with van der Waals surface area (Å²) in [6.45, 7) is 6.03. The number of nitrogens with zero attached hydrogens (tertiary/aromatic N) is 2. The number of nitrogens with two attached hydrogens (primary N) is 1. The second kappa shape index (κ2) is 5.17. The van der Waals surface area contributed by atoms with Gasteiger partial charge in [-0.15, -0.1) is 0 Å². The first-order chi connectivity index (χ1) is 4.83. The van der Waals surface area contributed by atoms with E-state index < -0.39 is 0 Å². The Bertz CT molecular complexity index is 173. The molecule has 0 bridgehead atoms. The Morgan fingerprint density at radius 1 is 1.50 bits per heavy atom. The Balaban J connectivity index is 0.000000371. The van der Waals surface area contributed by atoms with Crippen LogP contribution in [0.25, 0.3) is 0 Å². The van der Waals surface area contributed by atoms with Gasteiger partial charge in [-0.25, -0.2) is 4.98 Å². The zero-order valence-corrected chi connectivity index (χ0v) is 7.40. The summed E-state index contributed by atoms with van der Waals surface area (Å²) in [6, 6.07) is 0. The van der Waals surface area contributed by atoms with Gasteiger partial charge < -0.3 is 5.73 Å². The Morgan fingerprint density at radius 3 is 2.30 bits per heavy atom. The van der Waals surface area contributed by atoms with Crippen LogP contribution in [0.1, 0.15) is 25.8 Å². The molecule has 10 heavy (non-hydrogen) atoms. The van der Waals surface area contributed by atoms with Crippen molar-refractivity contribution in [2.24, 2.45) is 0 Å². The van der Waals surface area contributed by atoms with E-state index in [1.165, 1.54) is 11.5 Å². The maximum Gasteiger partial charge on any atom is 0.232 e. The lowest BCUT2D eigenvalue weighted by atomic mass is 10.5. The molecule has 4 heteroatoms. The van der Waals surface area contributed by atoms with Gasteiger partial charge in [-0.05, 0) is 18.0 Å². The number of aryl methyl sites for hydroxylation is 1. The van der Waals surface area contributed by atoms with Gasteiger partial charge in [0.15, 0.2) is 0 Å². The van der Waals surface area contributed by atoms with Crippen LogP contribution in [0.2, 0.25) is 0 Å². The van der Waals surface area contributed by atoms with Gasteiger partial charge in [-0.3, -0.25) is 0 Å². The number of rotatable bonds is 1. The molecular weight excluding hydrogens is 146 g/mol. The van der Waals surface area contributed by atoms with Crippen LogP contribution in [-0.2, 0) is 6.42 Å². The van der Waals surface area contributed by atoms with Crippen LogP contribution in [0, 0.1) is 0 Å². The summed E-state index contributed by atoms with van der Waals surface area (Å²) in [5.41, 5.74) is 5.24. The average Bonchev–Trinajstić information content (AvgIpc) is 2.40. The van der Waals surface area contributed by atoms with Gasteiger partial charge >= 0.3 is 0 Å². The number of hydrogen-bond donors (Lipinski definition) is 1. The van der Waals surface area contributed by atoms with Crippen molar-refractivity contribution in [2.45, 2.75) is 27.2 Å². The molecule has 1 aromatic heterocycles. The van der Waals surface area contributed by atoms with Crippen LogP contribution >= 0.6 is 11.5 Å². The van der Waals surface area contributed by atoms with E-state index in [1.54, 1.807) is 0 Å². The highest BCUT2D eigenvalue weighted by molar-refractivity contribution is 7.05. The molecule has 1 aromatic rings. The van der Waals surface area contributed by atoms with Crippen molar-refractivity contribution < 1.29 is 0 Å². The highest BCUT2D eigenvalue weighted by Gasteiger charge is 1.93. The fraction of sp³-hybridized carbons (Fsp3) is 0.667. The summed E-state index contributed by atoms with van der Waals surface area (Å²) in [4.78, 5) is 3.91. The lowest BCUT2D eigenvalue weighted by Gasteiger charge is -1.76. The van der Waals surface area contributed by atoms with Crippen molar-refractivity contribution in [1.82, 2.24) is 9.36 Å². The van der Waals surface area contributed by atoms with Crippen molar-refractivity contribution >= 4 is 17.5 Å². The van der Waals surface area contributed by atoms with Crippen molar-refractivity contribution in [2.75, 3.05) is 5.73 Å². The standard InChI is InChI=1S/C4H7N3S.C2H6/c1-2-3-6-4(5)7-8-3;1-2/h2H2,1H3,(H2,5,7);1-2H3. The third-order valence-corrected chi connectivity index (χ3v) is 1.66. The molecule has 0 unspecified atom stereocenters. The lowest BCUT2D eigenvalue weighted by molar-refractivity contribution is 1.09. The summed E-state index contributed by atoms with van der Waals surface area (Å²) in [5.74, 6) is 0.395. The van der Waals surface area contributed by atoms with Crippen LogP contribution in [0.5, 0.6) is 0 Å². The molecule has 0 fully saturated rings. The van der Waals surface area contributed by atoms with Gasteiger partial charge in [-0.1, -0.05) is 20.8 Å². The van der Waals surface area contributed by atoms with E-state index in [0.29, 0.717) is 5.95 Å². The molecule has 2 N–H and O–H groups in total. The Kier molecular flexibility index (Phi) is 4.84. The summed E-state index contributed by atoms with van der Waals surface area (Å²) in [6.07, 6.45) is 0.925. The molecule has 0 spiro atoms. The molecule has 1 heterocycles. The molecule has 0 amide bonds. The maximum absolute atomic E-state index is 5.24. The molecule has 0 saturated heterocycles. The van der Waals surface area contributed by atoms with Gasteiger partial charge in [0.05, 0.1) is 0 Å². The smallest absolute Gasteiger partial charge is 0.232 e. The Labute approximate surface area is 65.5 Å². The van der Waals surface area contributed by atoms with Gasteiger partial charge in [0, 0.05) is 0 Å². The first kappa shape index (κ1) is 9.36. The minimum atomic E-state index is 0.395. The monoisotopic (exact) mass is 159 g/mol. The third-order valence-electron chi connectivity index (χ3n) is 0.786. The van der Waals surface area contributed by atoms with Gasteiger partial charge in [-0.2, -0.15) is 4.37 Å². The van der Waals surface area contributed by atoms with E-state index in [9.17, 15) is 0 Å². The topological polar surface area (TPSA) is 51.8 Å². The Morgan fingerprint density at radius 2 is 2.10 bits per heavy atom. The Hall–Kier alpha value is -0.640. The minimum Gasteiger partial charge on any atom is -0.367 e. The molecule has 0 aliphatic rings. The number of hydrogen-bond acceptors (Lipinski definition) is 4. The average molecular weight is 159 g/mol. The highest BCUT2D eigenvalue weighted by atomic mass is 32.1. The largest absolute Gasteiger partial charge is 0.367 e. The normalized spacial score (nSPS) is 8.30. The molecule has 0 aliphatic heterocycles. The van der Waals surface area contributed by atoms with E-state index in [1.807, 2.05) is 20.8 Å². The van der Waals surface area contributed by atoms with Crippen molar-refractivity contribution in [3.8, 4) is 0 Å². The fourth-order valence-corrected chi connectivity index (χ4v) is 0.915. The van der Waals surface area contributed by atoms with Crippen molar-refractivity contribution in [3.05, 3.63) is 5.01 Å². The van der Waals surface area contributed by atoms with Crippen LogP contribution in [0.15, 0.2) is 0 Å². The lowest BCUT2D eigenvalue weighted by Crippen LogP contribution is -1.85. The zero-order chi connectivity index (χ0) is 7.98. The molecule has 58 valence electrons. The number of anilines is 1. The van der Waals surface area contributed by atoms with Crippen LogP contribution in [0.4, 0.5) is 5.95 Å². The zero-order valence-electron chi connectivity index (χ0n) is 6.59. The second-order valence-corrected chi connectivity index (χ2v) is 2.24. The summed E-state index contributed by atoms with van der Waals surface area (Å²) in [5, 5.41) is 1.00. The summed E-state index contributed by atoms with van der Waals surface area (Å²) in [7, 11) is 0. The van der Waals surface area contributed by atoms with E-state index in [-0.39, 0.29) is 0 Å². The molecule has 0 aromatic carbocycles. The summed E-state index contributed by atoms with van der Waals surface area (Å²) < 4.78 is 3.80. The number of aromatic nitrogens is 2. The SMILES string of the molecule is CC.CCc1nc(N)ns1. The molecular formula is C6H13N3S. The van der Waals surface area contributed by atoms with Crippen molar-refractivity contribution in [3.63, 3.8) is 0 Å². The van der Waals surface area contributed by atoms with Gasteiger partial charge in [0.2, 0.25) is 5.95 Å². The molecule has 1 rings (SSSR count). The van der Waals surface area contributed by atoms with E-state index in [2.05, 4.69) is 9.36 Å². The molecule has 0 saturated carbocycles. The van der Waals surface area contributed by atoms with Gasteiger partial charge in [0.25, 0.3) is 0 Å². The highest BCUT2D eigenvalue weighted by Crippen LogP contribution is 2.04. The quantitative estimate of drug-likeness (QED) is 0.678. The first-order valence-corrected chi connectivity index (χ1v) is 4.18. The van der Waals surface area contributed by atoms with Crippen LogP contribution < -0.4 is 5.73 Å². The minimum absolute atomic E-state index is 0.395. The van der Waals surface area contributed by atoms with Crippen LogP contribution in [0.3, 0.4) is 0 Å². The fourth-order valence-electron chi connectivity index (χ4n) is 0.412. The van der Waals surface area contributed by atoms with Gasteiger partial charge in [0.1, 0.15) is 5.01 Å². The third kappa shape index (κ3) is 2.77. The molecule has 0 aliphatic carbocycles. The molecule has 3 nitrogen and oxygen atoms in total. The van der Waals surface area contributed by atoms with E-state index >= 15 is 0 Å². The van der Waals surface area contributed by atoms with Crippen molar-refractivity contribution in [1.29, 1.82) is 0 Å². The van der Waals surface area contributed by atoms with E-state index in [4.69, 9.17) is 5.73 Å². The number of nitrogen functional groups attached to an aromatic ring is 1. The maximum atomic E-state index is 5.24. The molecule has 0 atom stereocenters.